The zero-order valence-electron chi connectivity index (χ0n) is 60.6. The summed E-state index contributed by atoms with van der Waals surface area (Å²) in [6, 6.07) is 39.0. The number of carbonyl (C=O) groups excluding carboxylic acids is 4. The maximum absolute atomic E-state index is 13.1. The van der Waals surface area contributed by atoms with Crippen LogP contribution in [0.5, 0.6) is 0 Å². The van der Waals surface area contributed by atoms with Gasteiger partial charge in [-0.05, 0) is 126 Å². The molecule has 0 fully saturated rings. The Morgan fingerprint density at radius 2 is 0.673 bits per heavy atom. The van der Waals surface area contributed by atoms with E-state index in [4.69, 9.17) is 49.5 Å². The Balaban J connectivity index is 0.000000169. The quantitative estimate of drug-likeness (QED) is 0.0412. The molecule has 0 spiro atoms. The van der Waals surface area contributed by atoms with Crippen molar-refractivity contribution in [2.45, 2.75) is 142 Å². The van der Waals surface area contributed by atoms with Crippen molar-refractivity contribution in [3.63, 3.8) is 0 Å². The summed E-state index contributed by atoms with van der Waals surface area (Å²) in [5, 5.41) is 64.2. The van der Waals surface area contributed by atoms with Gasteiger partial charge >= 0.3 is 12.4 Å². The fraction of sp³-hybridized carbons (Fsp3) is 0.268. The first kappa shape index (κ1) is 82.3. The van der Waals surface area contributed by atoms with Gasteiger partial charge in [0, 0.05) is 69.7 Å². The van der Waals surface area contributed by atoms with Crippen molar-refractivity contribution in [1.82, 2.24) is 39.1 Å². The van der Waals surface area contributed by atoms with E-state index >= 15 is 0 Å². The molecule has 0 saturated carbocycles. The minimum atomic E-state index is -4.70. The average molecular weight is 1540 g/mol. The minimum Gasteiger partial charge on any atom is -0.380 e. The van der Waals surface area contributed by atoms with Crippen molar-refractivity contribution in [2.75, 3.05) is 0 Å². The Morgan fingerprint density at radius 1 is 0.391 bits per heavy atom. The molecule has 0 amide bonds. The molecule has 110 heavy (non-hydrogen) atoms. The van der Waals surface area contributed by atoms with E-state index in [0.717, 1.165) is 84.6 Å². The number of Topliss-reactive ketones (excluding diaryl/α,β-unsaturated/α-hetero) is 4. The Bertz CT molecular complexity index is 5690. The number of hydrogen-bond donors (Lipinski definition) is 4. The summed E-state index contributed by atoms with van der Waals surface area (Å²) in [4.78, 5) is 62.8. The zero-order valence-corrected chi connectivity index (χ0v) is 62.1. The Hall–Kier alpha value is -11.7. The highest BCUT2D eigenvalue weighted by Crippen LogP contribution is 2.39. The molecule has 4 N–H and O–H groups in total. The van der Waals surface area contributed by atoms with E-state index in [0.29, 0.717) is 38.1 Å². The number of aryl methyl sites for hydroxylation is 4. The van der Waals surface area contributed by atoms with Gasteiger partial charge in [0.15, 0.2) is 34.5 Å². The minimum absolute atomic E-state index is 0.0311. The fourth-order valence-electron chi connectivity index (χ4n) is 11.8. The maximum atomic E-state index is 13.1. The van der Waals surface area contributed by atoms with Crippen LogP contribution in [0.25, 0.3) is 63.0 Å². The zero-order chi connectivity index (χ0) is 80.6. The maximum Gasteiger partial charge on any atom is 0.407 e. The lowest BCUT2D eigenvalue weighted by Gasteiger charge is -2.22. The molecule has 8 aromatic carbocycles. The third kappa shape index (κ3) is 20.5. The first-order chi connectivity index (χ1) is 51.6. The summed E-state index contributed by atoms with van der Waals surface area (Å²) in [5.74, 6) is -1.95. The SMILES string of the molecule is [C-]#[N+]c1ccc(CC(=O)[C@@](C)(O)Cn2cc3cc(C)ccc3n2)cc1C(F)(F)F.[C-]#[N+]c1ccc(CC(=O)[C@@](C)(O)Cn2cc3cc(C)ccc3n2)cc1Cl.[C-]#[N+]c1ccc(CC(=O)[C@@](C)(O)Cn2ncc3cc(C)ccc32)cc1C(F)(F)F.[C-]#[N+]c1ccc(CC(=O)[C@@](C)(O)Cn2ncc3cc(C)ccc32)cc1Cl. The van der Waals surface area contributed by atoms with Crippen molar-refractivity contribution < 1.29 is 65.9 Å². The standard InChI is InChI=1S/2C21H18F3N3O2.2C20H18ClN3O2/c1-13-4-7-18-15(8-13)11-26-27(18)12-20(2,29)19(28)10-14-5-6-17(25-3)16(9-14)21(22,23)24;1-13-4-6-17-15(8-13)11-27(26-17)12-20(2,29)19(28)10-14-5-7-18(25-3)16(9-14)21(22,23)24;1-13-4-7-18-15(8-13)11-23-24(18)12-20(2,26)19(25)10-14-5-6-17(22-3)16(21)9-14;1-13-4-6-17-15(8-13)11-24(23-17)12-20(2,26)19(25)10-14-5-7-18(22-3)16(21)9-14/h2*4-9,11,29H,10,12H2,1-2H3;2*4-9,11,26H,10,12H2,1-2H3/t4*20-/m0000/s1. The largest absolute Gasteiger partial charge is 0.407 e. The van der Waals surface area contributed by atoms with Crippen LogP contribution in [-0.2, 0) is 83.4 Å². The number of aromatic nitrogens is 8. The summed E-state index contributed by atoms with van der Waals surface area (Å²) in [7, 11) is 0. The van der Waals surface area contributed by atoms with Crippen molar-refractivity contribution in [1.29, 1.82) is 0 Å². The Morgan fingerprint density at radius 3 is 0.973 bits per heavy atom. The van der Waals surface area contributed by atoms with Crippen LogP contribution >= 0.6 is 23.2 Å². The molecule has 20 nitrogen and oxygen atoms in total. The first-order valence-corrected chi connectivity index (χ1v) is 34.6. The van der Waals surface area contributed by atoms with Gasteiger partial charge < -0.3 is 20.4 Å². The van der Waals surface area contributed by atoms with Gasteiger partial charge in [-0.2, -0.15) is 46.7 Å². The van der Waals surface area contributed by atoms with Crippen LogP contribution in [0.1, 0.15) is 83.3 Å². The highest BCUT2D eigenvalue weighted by Gasteiger charge is 2.38. The highest BCUT2D eigenvalue weighted by molar-refractivity contribution is 6.33. The van der Waals surface area contributed by atoms with Crippen LogP contribution in [-0.4, -0.2) is 105 Å². The molecule has 0 saturated heterocycles. The lowest BCUT2D eigenvalue weighted by Crippen LogP contribution is -2.41. The molecule has 12 aromatic rings. The summed E-state index contributed by atoms with van der Waals surface area (Å²) < 4.78 is 84.9. The summed E-state index contributed by atoms with van der Waals surface area (Å²) in [5.41, 5.74) is -0.400. The first-order valence-electron chi connectivity index (χ1n) is 33.8. The molecule has 4 heterocycles. The van der Waals surface area contributed by atoms with E-state index in [2.05, 4.69) is 39.8 Å². The molecular weight excluding hydrogens is 1470 g/mol. The molecule has 0 aliphatic heterocycles. The molecule has 4 aromatic heterocycles. The number of alkyl halides is 6. The van der Waals surface area contributed by atoms with Gasteiger partial charge in [0.25, 0.3) is 0 Å². The van der Waals surface area contributed by atoms with Crippen LogP contribution < -0.4 is 0 Å². The number of halogens is 8. The molecular formula is C82H72Cl2F6N12O8. The monoisotopic (exact) mass is 1540 g/mol. The van der Waals surface area contributed by atoms with E-state index in [1.807, 2.05) is 107 Å². The van der Waals surface area contributed by atoms with Gasteiger partial charge in [-0.3, -0.25) is 37.9 Å². The van der Waals surface area contributed by atoms with Gasteiger partial charge in [0.2, 0.25) is 11.4 Å². The summed E-state index contributed by atoms with van der Waals surface area (Å²) in [6.45, 7) is 41.1. The van der Waals surface area contributed by atoms with Crippen LogP contribution in [0.4, 0.5) is 49.1 Å². The average Bonchev–Trinajstić information content (AvgIpc) is 1.74. The molecule has 564 valence electrons. The number of aliphatic hydroxyl groups is 4. The van der Waals surface area contributed by atoms with Gasteiger partial charge in [-0.25, -0.2) is 19.4 Å². The second-order valence-electron chi connectivity index (χ2n) is 27.7. The number of rotatable bonds is 20. The van der Waals surface area contributed by atoms with E-state index in [-0.39, 0.29) is 61.7 Å². The second kappa shape index (κ2) is 33.4. The van der Waals surface area contributed by atoms with E-state index in [1.54, 1.807) is 64.4 Å². The van der Waals surface area contributed by atoms with Gasteiger partial charge in [-0.1, -0.05) is 143 Å². The molecule has 0 bridgehead atoms. The molecule has 0 aliphatic carbocycles. The van der Waals surface area contributed by atoms with Crippen LogP contribution in [0.2, 0.25) is 10.0 Å². The second-order valence-corrected chi connectivity index (χ2v) is 28.5. The molecule has 0 aliphatic rings. The topological polar surface area (TPSA) is 238 Å². The number of fused-ring (bicyclic) bond motifs is 4. The fourth-order valence-corrected chi connectivity index (χ4v) is 12.3. The lowest BCUT2D eigenvalue weighted by atomic mass is 9.94. The molecule has 28 heteroatoms. The van der Waals surface area contributed by atoms with Crippen molar-refractivity contribution >= 4 is 113 Å². The summed E-state index contributed by atoms with van der Waals surface area (Å²) in [6.07, 6.45) is -3.24. The van der Waals surface area contributed by atoms with Crippen molar-refractivity contribution in [2.24, 2.45) is 0 Å². The van der Waals surface area contributed by atoms with Crippen LogP contribution in [0.3, 0.4) is 0 Å². The predicted octanol–water partition coefficient (Wildman–Crippen LogP) is 17.2. The Labute approximate surface area is 638 Å². The third-order valence-electron chi connectivity index (χ3n) is 18.0. The van der Waals surface area contributed by atoms with Crippen LogP contribution in [0.15, 0.2) is 170 Å². The van der Waals surface area contributed by atoms with Crippen molar-refractivity contribution in [3.05, 3.63) is 282 Å². The Kier molecular flexibility index (Phi) is 25.0. The normalized spacial score (nSPS) is 13.6. The molecule has 0 radical (unpaired) electrons. The number of nitrogens with zero attached hydrogens (tertiary/aromatic N) is 12. The number of carbonyl (C=O) groups is 4. The number of hydrogen-bond acceptors (Lipinski definition) is 12. The van der Waals surface area contributed by atoms with Gasteiger partial charge in [0.05, 0.1) is 98.1 Å². The van der Waals surface area contributed by atoms with Crippen LogP contribution in [0, 0.1) is 54.0 Å². The number of benzene rings is 8. The third-order valence-corrected chi connectivity index (χ3v) is 18.6. The van der Waals surface area contributed by atoms with E-state index in [9.17, 15) is 65.9 Å². The lowest BCUT2D eigenvalue weighted by molar-refractivity contribution is -0.138. The number of ketones is 4. The van der Waals surface area contributed by atoms with Crippen molar-refractivity contribution in [3.8, 4) is 0 Å². The predicted molar refractivity (Wildman–Crippen MR) is 406 cm³/mol. The smallest absolute Gasteiger partial charge is 0.380 e. The highest BCUT2D eigenvalue weighted by atomic mass is 35.5. The molecule has 0 unspecified atom stereocenters. The van der Waals surface area contributed by atoms with Gasteiger partial charge in [0.1, 0.15) is 22.4 Å². The van der Waals surface area contributed by atoms with E-state index in [1.165, 1.54) is 49.2 Å². The summed E-state index contributed by atoms with van der Waals surface area (Å²) >= 11 is 12.0. The molecule has 4 atom stereocenters. The van der Waals surface area contributed by atoms with E-state index < -0.39 is 81.7 Å². The van der Waals surface area contributed by atoms with Gasteiger partial charge in [-0.15, -0.1) is 0 Å². The molecule has 12 rings (SSSR count).